The number of guanidine groups is 1. The molecule has 0 saturated carbocycles. The Bertz CT molecular complexity index is 928. The van der Waals surface area contributed by atoms with E-state index in [0.717, 1.165) is 12.1 Å². The lowest BCUT2D eigenvalue weighted by atomic mass is 10.1. The summed E-state index contributed by atoms with van der Waals surface area (Å²) in [7, 11) is -3.30. The van der Waals surface area contributed by atoms with Crippen molar-refractivity contribution in [3.8, 4) is 0 Å². The lowest BCUT2D eigenvalue weighted by Crippen LogP contribution is -2.39. The molecule has 0 amide bonds. The van der Waals surface area contributed by atoms with Gasteiger partial charge in [-0.2, -0.15) is 0 Å². The number of rotatable bonds is 9. The number of nitrogens with one attached hydrogen (secondary N) is 2. The average molecular weight is 571 g/mol. The Morgan fingerprint density at radius 3 is 2.25 bits per heavy atom. The van der Waals surface area contributed by atoms with Crippen molar-refractivity contribution in [2.75, 3.05) is 31.9 Å². The first-order valence-electron chi connectivity index (χ1n) is 11.2. The van der Waals surface area contributed by atoms with E-state index >= 15 is 0 Å². The number of hydrogen-bond donors (Lipinski definition) is 2. The first-order chi connectivity index (χ1) is 15.1. The van der Waals surface area contributed by atoms with Gasteiger partial charge < -0.3 is 10.6 Å². The zero-order valence-electron chi connectivity index (χ0n) is 18.8. The number of piperidine rings is 1. The normalized spacial score (nSPS) is 15.1. The summed E-state index contributed by atoms with van der Waals surface area (Å²) in [4.78, 5) is 7.48. The highest BCUT2D eigenvalue weighted by atomic mass is 127. The minimum Gasteiger partial charge on any atom is -0.357 e. The van der Waals surface area contributed by atoms with Gasteiger partial charge >= 0.3 is 0 Å². The molecule has 2 aromatic rings. The second kappa shape index (κ2) is 13.8. The molecule has 0 radical (unpaired) electrons. The Balaban J connectivity index is 0.00000363. The second-order valence-electron chi connectivity index (χ2n) is 7.91. The van der Waals surface area contributed by atoms with Gasteiger partial charge in [0.05, 0.1) is 17.2 Å². The van der Waals surface area contributed by atoms with E-state index in [9.17, 15) is 8.42 Å². The molecule has 2 N–H and O–H groups in total. The zero-order valence-corrected chi connectivity index (χ0v) is 21.9. The van der Waals surface area contributed by atoms with Gasteiger partial charge in [-0.25, -0.2) is 13.4 Å². The SMILES string of the molecule is CCNC(=NCc1ccc(CN2CCCCC2)cc1)NCCS(=O)(=O)c1ccccc1.I. The maximum Gasteiger partial charge on any atom is 0.191 e. The van der Waals surface area contributed by atoms with E-state index in [0.29, 0.717) is 30.5 Å². The van der Waals surface area contributed by atoms with Crippen molar-refractivity contribution in [3.05, 3.63) is 65.7 Å². The van der Waals surface area contributed by atoms with E-state index in [1.165, 1.54) is 37.9 Å². The summed E-state index contributed by atoms with van der Waals surface area (Å²) in [5, 5.41) is 6.32. The molecular formula is C24H35IN4O2S. The van der Waals surface area contributed by atoms with Crippen LogP contribution in [-0.4, -0.2) is 51.2 Å². The van der Waals surface area contributed by atoms with Crippen molar-refractivity contribution in [3.63, 3.8) is 0 Å². The molecule has 32 heavy (non-hydrogen) atoms. The fourth-order valence-corrected chi connectivity index (χ4v) is 4.87. The largest absolute Gasteiger partial charge is 0.357 e. The third kappa shape index (κ3) is 8.71. The molecule has 0 unspecified atom stereocenters. The highest BCUT2D eigenvalue weighted by molar-refractivity contribution is 14.0. The summed E-state index contributed by atoms with van der Waals surface area (Å²) in [5.74, 6) is 0.648. The lowest BCUT2D eigenvalue weighted by Gasteiger charge is -2.26. The Hall–Kier alpha value is -1.65. The quantitative estimate of drug-likeness (QED) is 0.273. The summed E-state index contributed by atoms with van der Waals surface area (Å²) in [6.07, 6.45) is 3.97. The summed E-state index contributed by atoms with van der Waals surface area (Å²) >= 11 is 0. The zero-order chi connectivity index (χ0) is 21.9. The molecule has 1 aliphatic heterocycles. The van der Waals surface area contributed by atoms with Gasteiger partial charge in [0.25, 0.3) is 0 Å². The van der Waals surface area contributed by atoms with Crippen LogP contribution >= 0.6 is 24.0 Å². The first kappa shape index (κ1) is 26.6. The molecule has 1 saturated heterocycles. The Kier molecular flexibility index (Phi) is 11.5. The monoisotopic (exact) mass is 570 g/mol. The van der Waals surface area contributed by atoms with Crippen molar-refractivity contribution >= 4 is 39.8 Å². The smallest absolute Gasteiger partial charge is 0.191 e. The molecule has 176 valence electrons. The van der Waals surface area contributed by atoms with E-state index in [2.05, 4.69) is 44.8 Å². The predicted octanol–water partition coefficient (Wildman–Crippen LogP) is 3.82. The molecule has 0 bridgehead atoms. The predicted molar refractivity (Wildman–Crippen MR) is 142 cm³/mol. The van der Waals surface area contributed by atoms with Gasteiger partial charge in [-0.1, -0.05) is 48.9 Å². The van der Waals surface area contributed by atoms with Gasteiger partial charge in [0.1, 0.15) is 0 Å². The molecule has 0 spiro atoms. The number of sulfone groups is 1. The molecule has 1 heterocycles. The third-order valence-corrected chi connectivity index (χ3v) is 7.14. The van der Waals surface area contributed by atoms with Crippen LogP contribution in [0.2, 0.25) is 0 Å². The Morgan fingerprint density at radius 1 is 0.938 bits per heavy atom. The highest BCUT2D eigenvalue weighted by Crippen LogP contribution is 2.14. The lowest BCUT2D eigenvalue weighted by molar-refractivity contribution is 0.221. The van der Waals surface area contributed by atoms with E-state index in [4.69, 9.17) is 0 Å². The minimum atomic E-state index is -3.30. The summed E-state index contributed by atoms with van der Waals surface area (Å²) in [5.41, 5.74) is 2.47. The Labute approximate surface area is 209 Å². The molecule has 0 aromatic heterocycles. The van der Waals surface area contributed by atoms with E-state index in [1.54, 1.807) is 24.3 Å². The van der Waals surface area contributed by atoms with E-state index in [1.807, 2.05) is 13.0 Å². The highest BCUT2D eigenvalue weighted by Gasteiger charge is 2.13. The molecule has 1 fully saturated rings. The number of benzene rings is 2. The molecule has 0 aliphatic carbocycles. The summed E-state index contributed by atoms with van der Waals surface area (Å²) < 4.78 is 24.8. The van der Waals surface area contributed by atoms with Crippen LogP contribution in [0.5, 0.6) is 0 Å². The van der Waals surface area contributed by atoms with Gasteiger partial charge in [-0.05, 0) is 56.1 Å². The van der Waals surface area contributed by atoms with Crippen LogP contribution in [-0.2, 0) is 22.9 Å². The summed E-state index contributed by atoms with van der Waals surface area (Å²) in [6.45, 7) is 6.97. The fraction of sp³-hybridized carbons (Fsp3) is 0.458. The molecular weight excluding hydrogens is 535 g/mol. The maximum atomic E-state index is 12.4. The van der Waals surface area contributed by atoms with Gasteiger partial charge in [0.2, 0.25) is 0 Å². The van der Waals surface area contributed by atoms with Crippen LogP contribution in [0.4, 0.5) is 0 Å². The van der Waals surface area contributed by atoms with Crippen LogP contribution in [0.15, 0.2) is 64.5 Å². The topological polar surface area (TPSA) is 73.8 Å². The van der Waals surface area contributed by atoms with Crippen LogP contribution in [0.25, 0.3) is 0 Å². The number of hydrogen-bond acceptors (Lipinski definition) is 4. The van der Waals surface area contributed by atoms with E-state index < -0.39 is 9.84 Å². The van der Waals surface area contributed by atoms with Crippen molar-refractivity contribution in [2.24, 2.45) is 4.99 Å². The molecule has 8 heteroatoms. The molecule has 6 nitrogen and oxygen atoms in total. The fourth-order valence-electron chi connectivity index (χ4n) is 3.69. The van der Waals surface area contributed by atoms with Gasteiger partial charge in [0.15, 0.2) is 15.8 Å². The Morgan fingerprint density at radius 2 is 1.59 bits per heavy atom. The van der Waals surface area contributed by atoms with E-state index in [-0.39, 0.29) is 29.7 Å². The third-order valence-electron chi connectivity index (χ3n) is 5.41. The van der Waals surface area contributed by atoms with Gasteiger partial charge in [-0.15, -0.1) is 24.0 Å². The van der Waals surface area contributed by atoms with Crippen molar-refractivity contribution in [1.82, 2.24) is 15.5 Å². The minimum absolute atomic E-state index is 0. The summed E-state index contributed by atoms with van der Waals surface area (Å²) in [6, 6.07) is 17.2. The van der Waals surface area contributed by atoms with Crippen LogP contribution in [0.3, 0.4) is 0 Å². The van der Waals surface area contributed by atoms with Crippen LogP contribution in [0.1, 0.15) is 37.3 Å². The molecule has 0 atom stereocenters. The maximum absolute atomic E-state index is 12.4. The van der Waals surface area contributed by atoms with Crippen LogP contribution < -0.4 is 10.6 Å². The van der Waals surface area contributed by atoms with Crippen molar-refractivity contribution < 1.29 is 8.42 Å². The first-order valence-corrected chi connectivity index (χ1v) is 12.8. The molecule has 3 rings (SSSR count). The van der Waals surface area contributed by atoms with Crippen molar-refractivity contribution in [1.29, 1.82) is 0 Å². The van der Waals surface area contributed by atoms with Crippen molar-refractivity contribution in [2.45, 2.75) is 44.2 Å². The standard InChI is InChI=1S/C24H34N4O2S.HI/c1-2-25-24(26-15-18-31(29,30)23-9-5-3-6-10-23)27-19-21-11-13-22(14-12-21)20-28-16-7-4-8-17-28;/h3,5-6,9-14H,2,4,7-8,15-20H2,1H3,(H2,25,26,27);1H. The molecule has 2 aromatic carbocycles. The van der Waals surface area contributed by atoms with Gasteiger partial charge in [-0.3, -0.25) is 4.90 Å². The number of aliphatic imine (C=N–C) groups is 1. The number of likely N-dealkylation sites (tertiary alicyclic amines) is 1. The number of nitrogens with zero attached hydrogens (tertiary/aromatic N) is 2. The van der Waals surface area contributed by atoms with Gasteiger partial charge in [0, 0.05) is 19.6 Å². The second-order valence-corrected chi connectivity index (χ2v) is 10.0. The molecule has 1 aliphatic rings. The average Bonchev–Trinajstić information content (AvgIpc) is 2.80. The van der Waals surface area contributed by atoms with Crippen LogP contribution in [0, 0.1) is 0 Å². The number of halogens is 1.